The van der Waals surface area contributed by atoms with Crippen molar-refractivity contribution < 1.29 is 24.9 Å². The van der Waals surface area contributed by atoms with E-state index in [0.717, 1.165) is 50.0 Å². The summed E-state index contributed by atoms with van der Waals surface area (Å²) in [6.45, 7) is 5.95. The molecule has 0 bridgehead atoms. The molecule has 6 heteroatoms. The maximum absolute atomic E-state index is 11.5. The van der Waals surface area contributed by atoms with E-state index in [4.69, 9.17) is 4.74 Å². The van der Waals surface area contributed by atoms with Crippen LogP contribution in [-0.2, 0) is 14.9 Å². The number of carboxylic acids is 1. The van der Waals surface area contributed by atoms with Gasteiger partial charge >= 0.3 is 5.97 Å². The lowest BCUT2D eigenvalue weighted by molar-refractivity contribution is -0.142. The number of carboxylic acid groups (broad SMARTS) is 1. The van der Waals surface area contributed by atoms with E-state index in [1.165, 1.54) is 6.07 Å². The van der Waals surface area contributed by atoms with Crippen molar-refractivity contribution in [2.45, 2.75) is 63.3 Å². The zero-order valence-electron chi connectivity index (χ0n) is 22.3. The summed E-state index contributed by atoms with van der Waals surface area (Å²) in [6, 6.07) is 25.5. The number of hydrogen-bond acceptors (Lipinski definition) is 5. The van der Waals surface area contributed by atoms with Crippen LogP contribution in [0.5, 0.6) is 5.75 Å². The molecule has 0 radical (unpaired) electrons. The lowest BCUT2D eigenvalue weighted by Crippen LogP contribution is -2.38. The average molecular weight is 518 g/mol. The number of carbonyl (C=O) groups is 1. The van der Waals surface area contributed by atoms with E-state index in [1.807, 2.05) is 12.1 Å². The maximum Gasteiger partial charge on any atom is 0.313 e. The topological polar surface area (TPSA) is 90.2 Å². The number of phenolic OH excluding ortho intramolecular Hbond substituents is 1. The molecular formula is C32H39NO5. The minimum absolute atomic E-state index is 0.0614. The van der Waals surface area contributed by atoms with Gasteiger partial charge in [0.15, 0.2) is 0 Å². The van der Waals surface area contributed by atoms with Gasteiger partial charge in [0.1, 0.15) is 11.9 Å². The number of rotatable bonds is 11. The van der Waals surface area contributed by atoms with E-state index in [0.29, 0.717) is 17.5 Å². The largest absolute Gasteiger partial charge is 0.508 e. The highest BCUT2D eigenvalue weighted by molar-refractivity contribution is 5.80. The molecule has 3 aromatic rings. The molecule has 0 aromatic heterocycles. The second-order valence-corrected chi connectivity index (χ2v) is 10.7. The molecule has 0 amide bonds. The molecule has 0 aliphatic carbocycles. The van der Waals surface area contributed by atoms with Crippen molar-refractivity contribution in [2.24, 2.45) is 0 Å². The number of piperidine rings is 1. The third-order valence-corrected chi connectivity index (χ3v) is 7.67. The summed E-state index contributed by atoms with van der Waals surface area (Å²) in [6.07, 6.45) is 2.55. The first-order chi connectivity index (χ1) is 18.3. The van der Waals surface area contributed by atoms with Gasteiger partial charge in [-0.3, -0.25) is 4.79 Å². The summed E-state index contributed by atoms with van der Waals surface area (Å²) in [5.41, 5.74) is 2.16. The fraction of sp³-hybridized carbons (Fsp3) is 0.406. The first kappa shape index (κ1) is 27.8. The summed E-state index contributed by atoms with van der Waals surface area (Å²) in [5, 5.41) is 30.5. The van der Waals surface area contributed by atoms with Crippen molar-refractivity contribution >= 4 is 5.97 Å². The normalized spacial score (nSPS) is 16.0. The molecular weight excluding hydrogens is 478 g/mol. The monoisotopic (exact) mass is 517 g/mol. The van der Waals surface area contributed by atoms with Crippen molar-refractivity contribution in [3.05, 3.63) is 101 Å². The molecule has 0 spiro atoms. The number of phenols is 1. The van der Waals surface area contributed by atoms with Crippen molar-refractivity contribution in [3.8, 4) is 5.75 Å². The molecule has 1 atom stereocenters. The molecule has 6 nitrogen and oxygen atoms in total. The predicted molar refractivity (Wildman–Crippen MR) is 148 cm³/mol. The van der Waals surface area contributed by atoms with Gasteiger partial charge in [-0.1, -0.05) is 72.8 Å². The number of hydrogen-bond donors (Lipinski definition) is 3. The van der Waals surface area contributed by atoms with Crippen molar-refractivity contribution in [1.29, 1.82) is 0 Å². The molecule has 1 aliphatic rings. The van der Waals surface area contributed by atoms with Gasteiger partial charge in [0, 0.05) is 18.7 Å². The zero-order valence-corrected chi connectivity index (χ0v) is 22.3. The maximum atomic E-state index is 11.5. The smallest absolute Gasteiger partial charge is 0.313 e. The Morgan fingerprint density at radius 3 is 2.08 bits per heavy atom. The summed E-state index contributed by atoms with van der Waals surface area (Å²) in [5.74, 6) is -1.02. The number of aliphatic hydroxyl groups excluding tert-OH is 1. The van der Waals surface area contributed by atoms with Crippen LogP contribution in [-0.4, -0.2) is 51.9 Å². The number of aliphatic hydroxyl groups is 1. The molecule has 38 heavy (non-hydrogen) atoms. The van der Waals surface area contributed by atoms with E-state index in [2.05, 4.69) is 53.4 Å². The van der Waals surface area contributed by atoms with Gasteiger partial charge in [-0.15, -0.1) is 0 Å². The van der Waals surface area contributed by atoms with Crippen LogP contribution >= 0.6 is 0 Å². The van der Waals surface area contributed by atoms with Crippen LogP contribution in [0.4, 0.5) is 0 Å². The molecule has 4 rings (SSSR count). The third-order valence-electron chi connectivity index (χ3n) is 7.67. The summed E-state index contributed by atoms with van der Waals surface area (Å²) >= 11 is 0. The van der Waals surface area contributed by atoms with Crippen molar-refractivity contribution in [3.63, 3.8) is 0 Å². The Balaban J connectivity index is 1.26. The minimum Gasteiger partial charge on any atom is -0.508 e. The van der Waals surface area contributed by atoms with Gasteiger partial charge in [-0.05, 0) is 68.8 Å². The van der Waals surface area contributed by atoms with E-state index < -0.39 is 17.5 Å². The number of ether oxygens (including phenoxy) is 1. The van der Waals surface area contributed by atoms with Crippen LogP contribution < -0.4 is 0 Å². The molecule has 202 valence electrons. The second-order valence-electron chi connectivity index (χ2n) is 10.7. The number of nitrogens with zero attached hydrogens (tertiary/aromatic N) is 1. The fourth-order valence-electron chi connectivity index (χ4n) is 5.07. The molecule has 0 saturated carbocycles. The molecule has 1 fully saturated rings. The van der Waals surface area contributed by atoms with Crippen LogP contribution in [0.25, 0.3) is 0 Å². The fourth-order valence-corrected chi connectivity index (χ4v) is 5.07. The van der Waals surface area contributed by atoms with Gasteiger partial charge in [-0.25, -0.2) is 0 Å². The Kier molecular flexibility index (Phi) is 9.21. The lowest BCUT2D eigenvalue weighted by atomic mass is 9.84. The second kappa shape index (κ2) is 12.6. The third kappa shape index (κ3) is 6.81. The molecule has 1 heterocycles. The zero-order chi connectivity index (χ0) is 27.1. The van der Waals surface area contributed by atoms with Crippen molar-refractivity contribution in [1.82, 2.24) is 4.90 Å². The minimum atomic E-state index is -1.11. The highest BCUT2D eigenvalue weighted by atomic mass is 16.5. The number of benzene rings is 3. The van der Waals surface area contributed by atoms with Gasteiger partial charge in [0.2, 0.25) is 0 Å². The predicted octanol–water partition coefficient (Wildman–Crippen LogP) is 5.84. The SMILES string of the molecule is CC(C)(C(=O)O)c1ccc(C(O)CCCN2CCC(OC(c3ccccc3)c3ccccc3)CC2)c(O)c1. The van der Waals surface area contributed by atoms with E-state index in [9.17, 15) is 20.1 Å². The highest BCUT2D eigenvalue weighted by Gasteiger charge is 2.30. The summed E-state index contributed by atoms with van der Waals surface area (Å²) in [4.78, 5) is 13.9. The molecule has 1 saturated heterocycles. The standard InChI is InChI=1S/C32H39NO5/c1-32(2,31(36)37)25-15-16-27(29(35)22-25)28(34)14-9-19-33-20-17-26(18-21-33)38-30(23-10-5-3-6-11-23)24-12-7-4-8-13-24/h3-8,10-13,15-16,22,26,28,30,34-35H,9,14,17-21H2,1-2H3,(H,36,37). The van der Waals surface area contributed by atoms with Gasteiger partial charge in [-0.2, -0.15) is 0 Å². The van der Waals surface area contributed by atoms with Crippen molar-refractivity contribution in [2.75, 3.05) is 19.6 Å². The van der Waals surface area contributed by atoms with Gasteiger partial charge in [0.25, 0.3) is 0 Å². The van der Waals surface area contributed by atoms with E-state index >= 15 is 0 Å². The van der Waals surface area contributed by atoms with Crippen LogP contribution in [0, 0.1) is 0 Å². The molecule has 1 aliphatic heterocycles. The van der Waals surface area contributed by atoms with Gasteiger partial charge in [0.05, 0.1) is 17.6 Å². The molecule has 1 unspecified atom stereocenters. The molecule has 3 aromatic carbocycles. The van der Waals surface area contributed by atoms with Crippen LogP contribution in [0.15, 0.2) is 78.9 Å². The first-order valence-corrected chi connectivity index (χ1v) is 13.5. The Labute approximate surface area is 225 Å². The first-order valence-electron chi connectivity index (χ1n) is 13.5. The Morgan fingerprint density at radius 1 is 0.974 bits per heavy atom. The number of aromatic hydroxyl groups is 1. The lowest BCUT2D eigenvalue weighted by Gasteiger charge is -2.34. The number of aliphatic carboxylic acids is 1. The Hall–Kier alpha value is -3.19. The Morgan fingerprint density at radius 2 is 1.55 bits per heavy atom. The highest BCUT2D eigenvalue weighted by Crippen LogP contribution is 2.33. The summed E-state index contributed by atoms with van der Waals surface area (Å²) < 4.78 is 6.64. The average Bonchev–Trinajstić information content (AvgIpc) is 2.93. The van der Waals surface area contributed by atoms with E-state index in [-0.39, 0.29) is 18.0 Å². The van der Waals surface area contributed by atoms with Crippen LogP contribution in [0.2, 0.25) is 0 Å². The van der Waals surface area contributed by atoms with Gasteiger partial charge < -0.3 is 25.0 Å². The van der Waals surface area contributed by atoms with E-state index in [1.54, 1.807) is 26.0 Å². The molecule has 3 N–H and O–H groups in total. The Bertz CT molecular complexity index is 1130. The summed E-state index contributed by atoms with van der Waals surface area (Å²) in [7, 11) is 0. The van der Waals surface area contributed by atoms with Crippen LogP contribution in [0.1, 0.15) is 74.0 Å². The number of likely N-dealkylation sites (tertiary alicyclic amines) is 1. The van der Waals surface area contributed by atoms with Crippen LogP contribution in [0.3, 0.4) is 0 Å². The quantitative estimate of drug-likeness (QED) is 0.296.